The molecule has 1 aliphatic rings. The Kier molecular flexibility index (Phi) is 3.38. The lowest BCUT2D eigenvalue weighted by molar-refractivity contribution is -0.117. The standard InChI is InChI=1S/C11H11Cl2NO2/c12-8-1-2-10(7(3-8)6-15)14-5-9(13)4-11(14)16/h1-3,9,15H,4-6H2. The maximum absolute atomic E-state index is 11.7. The van der Waals surface area contributed by atoms with E-state index in [4.69, 9.17) is 23.2 Å². The first-order valence-electron chi connectivity index (χ1n) is 4.95. The maximum Gasteiger partial charge on any atom is 0.228 e. The normalized spacial score (nSPS) is 20.6. The van der Waals surface area contributed by atoms with Gasteiger partial charge in [-0.25, -0.2) is 0 Å². The maximum atomic E-state index is 11.7. The molecule has 0 aromatic heterocycles. The molecule has 1 unspecified atom stereocenters. The number of hydrogen-bond acceptors (Lipinski definition) is 2. The fourth-order valence-electron chi connectivity index (χ4n) is 1.84. The van der Waals surface area contributed by atoms with Crippen LogP contribution >= 0.6 is 23.2 Å². The van der Waals surface area contributed by atoms with Crippen molar-refractivity contribution in [3.8, 4) is 0 Å². The summed E-state index contributed by atoms with van der Waals surface area (Å²) in [6.07, 6.45) is 0.342. The molecule has 1 aliphatic heterocycles. The monoisotopic (exact) mass is 259 g/mol. The molecule has 1 N–H and O–H groups in total. The molecule has 1 aromatic rings. The summed E-state index contributed by atoms with van der Waals surface area (Å²) in [4.78, 5) is 13.3. The number of aliphatic hydroxyl groups excluding tert-OH is 1. The first-order valence-corrected chi connectivity index (χ1v) is 5.77. The number of rotatable bonds is 2. The van der Waals surface area contributed by atoms with E-state index in [-0.39, 0.29) is 17.9 Å². The summed E-state index contributed by atoms with van der Waals surface area (Å²) in [7, 11) is 0. The van der Waals surface area contributed by atoms with E-state index in [1.165, 1.54) is 0 Å². The van der Waals surface area contributed by atoms with E-state index in [1.54, 1.807) is 23.1 Å². The van der Waals surface area contributed by atoms with E-state index in [0.717, 1.165) is 0 Å². The molecule has 0 bridgehead atoms. The number of anilines is 1. The second-order valence-corrected chi connectivity index (χ2v) is 4.79. The van der Waals surface area contributed by atoms with Crippen LogP contribution < -0.4 is 4.90 Å². The Balaban J connectivity index is 2.36. The highest BCUT2D eigenvalue weighted by atomic mass is 35.5. The molecule has 0 spiro atoms. The van der Waals surface area contributed by atoms with Crippen LogP contribution in [0.2, 0.25) is 5.02 Å². The van der Waals surface area contributed by atoms with Gasteiger partial charge < -0.3 is 10.0 Å². The molecule has 1 aromatic carbocycles. The van der Waals surface area contributed by atoms with Gasteiger partial charge in [0, 0.05) is 29.2 Å². The summed E-state index contributed by atoms with van der Waals surface area (Å²) in [6.45, 7) is 0.335. The highest BCUT2D eigenvalue weighted by Crippen LogP contribution is 2.29. The zero-order valence-corrected chi connectivity index (χ0v) is 10.0. The number of carbonyl (C=O) groups excluding carboxylic acids is 1. The van der Waals surface area contributed by atoms with E-state index in [9.17, 15) is 9.90 Å². The topological polar surface area (TPSA) is 40.5 Å². The first kappa shape index (κ1) is 11.7. The highest BCUT2D eigenvalue weighted by molar-refractivity contribution is 6.30. The van der Waals surface area contributed by atoms with Gasteiger partial charge in [0.25, 0.3) is 0 Å². The molecule has 1 heterocycles. The number of amides is 1. The van der Waals surface area contributed by atoms with E-state index in [0.29, 0.717) is 29.2 Å². The lowest BCUT2D eigenvalue weighted by atomic mass is 10.1. The van der Waals surface area contributed by atoms with Crippen LogP contribution in [0.25, 0.3) is 0 Å². The van der Waals surface area contributed by atoms with Crippen LogP contribution in [0, 0.1) is 0 Å². The van der Waals surface area contributed by atoms with Crippen molar-refractivity contribution in [3.63, 3.8) is 0 Å². The minimum Gasteiger partial charge on any atom is -0.392 e. The van der Waals surface area contributed by atoms with E-state index < -0.39 is 0 Å². The van der Waals surface area contributed by atoms with Gasteiger partial charge >= 0.3 is 0 Å². The Morgan fingerprint density at radius 1 is 1.50 bits per heavy atom. The van der Waals surface area contributed by atoms with Crippen LogP contribution in [0.3, 0.4) is 0 Å². The van der Waals surface area contributed by atoms with Gasteiger partial charge in [0.1, 0.15) is 0 Å². The Hall–Kier alpha value is -0.770. The smallest absolute Gasteiger partial charge is 0.228 e. The fraction of sp³-hybridized carbons (Fsp3) is 0.364. The van der Waals surface area contributed by atoms with Crippen molar-refractivity contribution in [1.29, 1.82) is 0 Å². The molecular weight excluding hydrogens is 249 g/mol. The zero-order chi connectivity index (χ0) is 11.7. The molecule has 16 heavy (non-hydrogen) atoms. The SMILES string of the molecule is O=C1CC(Cl)CN1c1ccc(Cl)cc1CO. The molecular formula is C11H11Cl2NO2. The van der Waals surface area contributed by atoms with Gasteiger partial charge in [-0.1, -0.05) is 11.6 Å². The summed E-state index contributed by atoms with van der Waals surface area (Å²) in [5.74, 6) is -0.0166. The van der Waals surface area contributed by atoms with E-state index >= 15 is 0 Å². The van der Waals surface area contributed by atoms with Crippen molar-refractivity contribution in [2.45, 2.75) is 18.4 Å². The molecule has 1 saturated heterocycles. The summed E-state index contributed by atoms with van der Waals surface area (Å²) in [6, 6.07) is 5.09. The molecule has 0 saturated carbocycles. The zero-order valence-electron chi connectivity index (χ0n) is 8.49. The summed E-state index contributed by atoms with van der Waals surface area (Å²) < 4.78 is 0. The largest absolute Gasteiger partial charge is 0.392 e. The summed E-state index contributed by atoms with van der Waals surface area (Å²) in [5, 5.41) is 9.61. The average molecular weight is 260 g/mol. The van der Waals surface area contributed by atoms with Crippen LogP contribution in [-0.4, -0.2) is 22.9 Å². The molecule has 86 valence electrons. The number of hydrogen-bond donors (Lipinski definition) is 1. The minimum absolute atomic E-state index is 0.0166. The predicted octanol–water partition coefficient (Wildman–Crippen LogP) is 2.18. The third kappa shape index (κ3) is 2.17. The van der Waals surface area contributed by atoms with Gasteiger partial charge in [0.05, 0.1) is 12.0 Å². The van der Waals surface area contributed by atoms with Crippen molar-refractivity contribution >= 4 is 34.8 Å². The number of halogens is 2. The van der Waals surface area contributed by atoms with Crippen LogP contribution in [0.5, 0.6) is 0 Å². The molecule has 1 fully saturated rings. The van der Waals surface area contributed by atoms with Crippen molar-refractivity contribution in [2.24, 2.45) is 0 Å². The van der Waals surface area contributed by atoms with Crippen LogP contribution in [0.15, 0.2) is 18.2 Å². The van der Waals surface area contributed by atoms with Crippen molar-refractivity contribution in [2.75, 3.05) is 11.4 Å². The predicted molar refractivity (Wildman–Crippen MR) is 64.0 cm³/mol. The van der Waals surface area contributed by atoms with Crippen molar-refractivity contribution < 1.29 is 9.90 Å². The van der Waals surface area contributed by atoms with Crippen LogP contribution in [0.1, 0.15) is 12.0 Å². The lowest BCUT2D eigenvalue weighted by Gasteiger charge is -2.19. The molecule has 2 rings (SSSR count). The highest BCUT2D eigenvalue weighted by Gasteiger charge is 2.30. The van der Waals surface area contributed by atoms with Crippen molar-refractivity contribution in [3.05, 3.63) is 28.8 Å². The Bertz CT molecular complexity index is 422. The Morgan fingerprint density at radius 3 is 2.81 bits per heavy atom. The quantitative estimate of drug-likeness (QED) is 0.828. The second-order valence-electron chi connectivity index (χ2n) is 3.74. The van der Waals surface area contributed by atoms with E-state index in [2.05, 4.69) is 0 Å². The number of aliphatic hydroxyl groups is 1. The third-order valence-corrected chi connectivity index (χ3v) is 3.11. The first-order chi connectivity index (χ1) is 7.61. The van der Waals surface area contributed by atoms with Crippen LogP contribution in [0.4, 0.5) is 5.69 Å². The number of nitrogens with zero attached hydrogens (tertiary/aromatic N) is 1. The minimum atomic E-state index is -0.158. The number of benzene rings is 1. The van der Waals surface area contributed by atoms with Gasteiger partial charge in [-0.3, -0.25) is 4.79 Å². The Morgan fingerprint density at radius 2 is 2.25 bits per heavy atom. The third-order valence-electron chi connectivity index (χ3n) is 2.58. The summed E-state index contributed by atoms with van der Waals surface area (Å²) >= 11 is 11.8. The molecule has 3 nitrogen and oxygen atoms in total. The van der Waals surface area contributed by atoms with E-state index in [1.807, 2.05) is 0 Å². The Labute approximate surface area is 104 Å². The van der Waals surface area contributed by atoms with Gasteiger partial charge in [-0.05, 0) is 18.2 Å². The molecule has 1 atom stereocenters. The molecule has 1 amide bonds. The van der Waals surface area contributed by atoms with Gasteiger partial charge in [-0.15, -0.1) is 11.6 Å². The molecule has 0 radical (unpaired) electrons. The number of carbonyl (C=O) groups is 1. The van der Waals surface area contributed by atoms with Crippen molar-refractivity contribution in [1.82, 2.24) is 0 Å². The van der Waals surface area contributed by atoms with Gasteiger partial charge in [0.15, 0.2) is 0 Å². The lowest BCUT2D eigenvalue weighted by Crippen LogP contribution is -2.25. The number of alkyl halides is 1. The fourth-order valence-corrected chi connectivity index (χ4v) is 2.31. The van der Waals surface area contributed by atoms with Gasteiger partial charge in [0.2, 0.25) is 5.91 Å². The second kappa shape index (κ2) is 4.62. The molecule has 5 heteroatoms. The van der Waals surface area contributed by atoms with Gasteiger partial charge in [-0.2, -0.15) is 0 Å². The van der Waals surface area contributed by atoms with Crippen LogP contribution in [-0.2, 0) is 11.4 Å². The summed E-state index contributed by atoms with van der Waals surface area (Å²) in [5.41, 5.74) is 1.34. The molecule has 0 aliphatic carbocycles. The average Bonchev–Trinajstić information content (AvgIpc) is 2.57.